The van der Waals surface area contributed by atoms with E-state index < -0.39 is 0 Å². The molecule has 0 atom stereocenters. The molecule has 1 aliphatic rings. The number of aldehydes is 1. The van der Waals surface area contributed by atoms with Gasteiger partial charge in [-0.15, -0.1) is 0 Å². The third-order valence-electron chi connectivity index (χ3n) is 2.57. The van der Waals surface area contributed by atoms with Crippen LogP contribution in [0.4, 0.5) is 0 Å². The standard InChI is InChI=1S/C9H14O/c1-8(2)9(7-10)5-3-4-6-9/h7H,1,3-6H2,2H3. The van der Waals surface area contributed by atoms with Crippen LogP contribution in [0.5, 0.6) is 0 Å². The molecule has 0 aromatic heterocycles. The van der Waals surface area contributed by atoms with Gasteiger partial charge < -0.3 is 4.79 Å². The predicted molar refractivity (Wildman–Crippen MR) is 41.8 cm³/mol. The van der Waals surface area contributed by atoms with Gasteiger partial charge in [-0.1, -0.05) is 25.0 Å². The largest absolute Gasteiger partial charge is 0.302 e. The molecular formula is C9H14O. The fourth-order valence-electron chi connectivity index (χ4n) is 1.65. The maximum Gasteiger partial charge on any atom is 0.130 e. The molecule has 1 heteroatoms. The van der Waals surface area contributed by atoms with Crippen LogP contribution in [0.2, 0.25) is 0 Å². The van der Waals surface area contributed by atoms with Crippen molar-refractivity contribution in [1.82, 2.24) is 0 Å². The third kappa shape index (κ3) is 1.00. The highest BCUT2D eigenvalue weighted by atomic mass is 16.1. The summed E-state index contributed by atoms with van der Waals surface area (Å²) >= 11 is 0. The van der Waals surface area contributed by atoms with Crippen molar-refractivity contribution in [2.45, 2.75) is 32.6 Å². The Morgan fingerprint density at radius 1 is 1.50 bits per heavy atom. The van der Waals surface area contributed by atoms with Gasteiger partial charge in [0.05, 0.1) is 0 Å². The highest BCUT2D eigenvalue weighted by Crippen LogP contribution is 2.41. The molecule has 0 aliphatic heterocycles. The summed E-state index contributed by atoms with van der Waals surface area (Å²) in [5, 5.41) is 0. The van der Waals surface area contributed by atoms with Gasteiger partial charge in [-0.25, -0.2) is 0 Å². The molecule has 56 valence electrons. The van der Waals surface area contributed by atoms with Crippen LogP contribution < -0.4 is 0 Å². The second-order valence-corrected chi connectivity index (χ2v) is 3.26. The van der Waals surface area contributed by atoms with E-state index >= 15 is 0 Å². The van der Waals surface area contributed by atoms with Crippen LogP contribution in [0.1, 0.15) is 32.6 Å². The molecule has 0 unspecified atom stereocenters. The van der Waals surface area contributed by atoms with E-state index in [1.807, 2.05) is 6.92 Å². The summed E-state index contributed by atoms with van der Waals surface area (Å²) < 4.78 is 0. The van der Waals surface area contributed by atoms with E-state index in [0.29, 0.717) is 0 Å². The fraction of sp³-hybridized carbons (Fsp3) is 0.667. The smallest absolute Gasteiger partial charge is 0.130 e. The lowest BCUT2D eigenvalue weighted by Crippen LogP contribution is -2.18. The van der Waals surface area contributed by atoms with Crippen LogP contribution in [0.3, 0.4) is 0 Å². The van der Waals surface area contributed by atoms with Crippen molar-refractivity contribution in [3.05, 3.63) is 12.2 Å². The molecular weight excluding hydrogens is 124 g/mol. The molecule has 1 rings (SSSR count). The number of carbonyl (C=O) groups is 1. The predicted octanol–water partition coefficient (Wildman–Crippen LogP) is 2.32. The molecule has 10 heavy (non-hydrogen) atoms. The lowest BCUT2D eigenvalue weighted by Gasteiger charge is -2.21. The number of rotatable bonds is 2. The van der Waals surface area contributed by atoms with Gasteiger partial charge in [0.15, 0.2) is 0 Å². The summed E-state index contributed by atoms with van der Waals surface area (Å²) in [5.74, 6) is 0. The van der Waals surface area contributed by atoms with Gasteiger partial charge in [0.25, 0.3) is 0 Å². The molecule has 1 nitrogen and oxygen atoms in total. The van der Waals surface area contributed by atoms with Crippen LogP contribution in [0.25, 0.3) is 0 Å². The molecule has 0 aromatic rings. The van der Waals surface area contributed by atoms with E-state index in [-0.39, 0.29) is 5.41 Å². The summed E-state index contributed by atoms with van der Waals surface area (Å²) in [4.78, 5) is 10.7. The first-order valence-corrected chi connectivity index (χ1v) is 3.84. The van der Waals surface area contributed by atoms with Crippen molar-refractivity contribution in [3.8, 4) is 0 Å². The van der Waals surface area contributed by atoms with E-state index in [9.17, 15) is 4.79 Å². The summed E-state index contributed by atoms with van der Waals surface area (Å²) in [6, 6.07) is 0. The Bertz CT molecular complexity index is 152. The molecule has 0 aromatic carbocycles. The van der Waals surface area contributed by atoms with Crippen LogP contribution in [0.15, 0.2) is 12.2 Å². The highest BCUT2D eigenvalue weighted by molar-refractivity contribution is 5.65. The topological polar surface area (TPSA) is 17.1 Å². The maximum absolute atomic E-state index is 10.7. The Hall–Kier alpha value is -0.590. The molecule has 0 spiro atoms. The quantitative estimate of drug-likeness (QED) is 0.423. The summed E-state index contributed by atoms with van der Waals surface area (Å²) in [5.41, 5.74) is 0.903. The molecule has 0 radical (unpaired) electrons. The Kier molecular flexibility index (Phi) is 1.93. The van der Waals surface area contributed by atoms with Crippen molar-refractivity contribution in [3.63, 3.8) is 0 Å². The second kappa shape index (κ2) is 2.57. The molecule has 1 fully saturated rings. The van der Waals surface area contributed by atoms with Crippen molar-refractivity contribution < 1.29 is 4.79 Å². The fourth-order valence-corrected chi connectivity index (χ4v) is 1.65. The highest BCUT2D eigenvalue weighted by Gasteiger charge is 2.33. The molecule has 0 saturated heterocycles. The first-order chi connectivity index (χ1) is 4.71. The van der Waals surface area contributed by atoms with Crippen LogP contribution >= 0.6 is 0 Å². The van der Waals surface area contributed by atoms with E-state index in [0.717, 1.165) is 24.7 Å². The first-order valence-electron chi connectivity index (χ1n) is 3.84. The van der Waals surface area contributed by atoms with Gasteiger partial charge in [-0.3, -0.25) is 0 Å². The van der Waals surface area contributed by atoms with Gasteiger partial charge in [-0.2, -0.15) is 0 Å². The van der Waals surface area contributed by atoms with Crippen LogP contribution in [-0.2, 0) is 4.79 Å². The monoisotopic (exact) mass is 138 g/mol. The minimum atomic E-state index is -0.139. The zero-order valence-electron chi connectivity index (χ0n) is 6.52. The summed E-state index contributed by atoms with van der Waals surface area (Å²) in [7, 11) is 0. The summed E-state index contributed by atoms with van der Waals surface area (Å²) in [6.07, 6.45) is 5.50. The Morgan fingerprint density at radius 2 is 2.00 bits per heavy atom. The normalized spacial score (nSPS) is 22.5. The zero-order chi connectivity index (χ0) is 7.61. The van der Waals surface area contributed by atoms with Crippen molar-refractivity contribution >= 4 is 6.29 Å². The van der Waals surface area contributed by atoms with E-state index in [1.54, 1.807) is 0 Å². The molecule has 1 aliphatic carbocycles. The van der Waals surface area contributed by atoms with Crippen molar-refractivity contribution in [2.24, 2.45) is 5.41 Å². The SMILES string of the molecule is C=C(C)C1(C=O)CCCC1. The van der Waals surface area contributed by atoms with E-state index in [2.05, 4.69) is 6.58 Å². The Morgan fingerprint density at radius 3 is 2.20 bits per heavy atom. The minimum Gasteiger partial charge on any atom is -0.302 e. The van der Waals surface area contributed by atoms with Gasteiger partial charge in [-0.05, 0) is 19.8 Å². The van der Waals surface area contributed by atoms with Gasteiger partial charge in [0.2, 0.25) is 0 Å². The average Bonchev–Trinajstić information content (AvgIpc) is 2.35. The Balaban J connectivity index is 2.76. The third-order valence-corrected chi connectivity index (χ3v) is 2.57. The maximum atomic E-state index is 10.7. The van der Waals surface area contributed by atoms with Crippen molar-refractivity contribution in [1.29, 1.82) is 0 Å². The van der Waals surface area contributed by atoms with Gasteiger partial charge in [0, 0.05) is 5.41 Å². The lowest BCUT2D eigenvalue weighted by molar-refractivity contribution is -0.114. The van der Waals surface area contributed by atoms with Crippen molar-refractivity contribution in [2.75, 3.05) is 0 Å². The molecule has 0 heterocycles. The Labute approximate surface area is 62.1 Å². The average molecular weight is 138 g/mol. The zero-order valence-corrected chi connectivity index (χ0v) is 6.52. The van der Waals surface area contributed by atoms with E-state index in [1.165, 1.54) is 12.8 Å². The lowest BCUT2D eigenvalue weighted by atomic mass is 9.82. The number of hydrogen-bond acceptors (Lipinski definition) is 1. The second-order valence-electron chi connectivity index (χ2n) is 3.26. The van der Waals surface area contributed by atoms with Crippen LogP contribution in [-0.4, -0.2) is 6.29 Å². The molecule has 0 amide bonds. The van der Waals surface area contributed by atoms with Crippen LogP contribution in [0, 0.1) is 5.41 Å². The number of allylic oxidation sites excluding steroid dienone is 1. The molecule has 0 N–H and O–H groups in total. The molecule has 1 saturated carbocycles. The van der Waals surface area contributed by atoms with E-state index in [4.69, 9.17) is 0 Å². The van der Waals surface area contributed by atoms with Gasteiger partial charge >= 0.3 is 0 Å². The van der Waals surface area contributed by atoms with Gasteiger partial charge in [0.1, 0.15) is 6.29 Å². The number of hydrogen-bond donors (Lipinski definition) is 0. The number of carbonyl (C=O) groups excluding carboxylic acids is 1. The summed E-state index contributed by atoms with van der Waals surface area (Å²) in [6.45, 7) is 5.81. The minimum absolute atomic E-state index is 0.139. The molecule has 0 bridgehead atoms. The first kappa shape index (κ1) is 7.52.